The summed E-state index contributed by atoms with van der Waals surface area (Å²) in [4.78, 5) is 34.2. The molecule has 3 heterocycles. The first-order chi connectivity index (χ1) is 19.8. The van der Waals surface area contributed by atoms with Crippen molar-refractivity contribution in [3.8, 4) is 17.3 Å². The first kappa shape index (κ1) is 28.2. The van der Waals surface area contributed by atoms with E-state index in [1.807, 2.05) is 0 Å². The van der Waals surface area contributed by atoms with Crippen molar-refractivity contribution in [1.82, 2.24) is 14.9 Å². The zero-order valence-corrected chi connectivity index (χ0v) is 22.9. The summed E-state index contributed by atoms with van der Waals surface area (Å²) in [6.07, 6.45) is 0.590. The predicted octanol–water partition coefficient (Wildman–Crippen LogP) is 6.67. The summed E-state index contributed by atoms with van der Waals surface area (Å²) >= 11 is 5.85. The number of methoxy groups -OCH3 is 1. The van der Waals surface area contributed by atoms with E-state index in [1.165, 1.54) is 12.0 Å². The fourth-order valence-corrected chi connectivity index (χ4v) is 5.37. The number of H-pyrrole nitrogens is 1. The molecule has 3 aromatic rings. The van der Waals surface area contributed by atoms with Crippen molar-refractivity contribution >= 4 is 35.2 Å². The Kier molecular flexibility index (Phi) is 8.26. The Labute approximate surface area is 239 Å². The summed E-state index contributed by atoms with van der Waals surface area (Å²) in [5.74, 6) is -1.39. The van der Waals surface area contributed by atoms with E-state index in [2.05, 4.69) is 31.4 Å². The molecule has 1 aromatic heterocycles. The van der Waals surface area contributed by atoms with Gasteiger partial charge in [0.1, 0.15) is 23.8 Å². The third-order valence-electron chi connectivity index (χ3n) is 7.22. The number of halogens is 3. The molecule has 5 rings (SSSR count). The van der Waals surface area contributed by atoms with Gasteiger partial charge < -0.3 is 19.8 Å². The zero-order valence-electron chi connectivity index (χ0n) is 22.1. The lowest BCUT2D eigenvalue weighted by Gasteiger charge is -2.36. The molecule has 0 aliphatic carbocycles. The van der Waals surface area contributed by atoms with Gasteiger partial charge in [-0.15, -0.1) is 0 Å². The van der Waals surface area contributed by atoms with E-state index in [0.717, 1.165) is 31.4 Å². The minimum atomic E-state index is -1.13. The average molecular weight is 585 g/mol. The van der Waals surface area contributed by atoms with Crippen molar-refractivity contribution in [2.75, 3.05) is 30.8 Å². The molecule has 0 radical (unpaired) electrons. The third kappa shape index (κ3) is 5.76. The first-order valence-electron chi connectivity index (χ1n) is 13.1. The highest BCUT2D eigenvalue weighted by Crippen LogP contribution is 2.39. The second-order valence-electron chi connectivity index (χ2n) is 9.74. The van der Waals surface area contributed by atoms with Crippen LogP contribution in [0.2, 0.25) is 5.02 Å². The summed E-state index contributed by atoms with van der Waals surface area (Å²) in [5, 5.41) is 15.7. The van der Waals surface area contributed by atoms with Gasteiger partial charge >= 0.3 is 12.2 Å². The molecule has 2 amide bonds. The summed E-state index contributed by atoms with van der Waals surface area (Å²) < 4.78 is 39.3. The predicted molar refractivity (Wildman–Crippen MR) is 146 cm³/mol. The van der Waals surface area contributed by atoms with Crippen molar-refractivity contribution in [2.24, 2.45) is 0 Å². The smallest absolute Gasteiger partial charge is 0.411 e. The van der Waals surface area contributed by atoms with Crippen LogP contribution in [-0.2, 0) is 9.47 Å². The Bertz CT molecular complexity index is 1520. The van der Waals surface area contributed by atoms with E-state index < -0.39 is 36.0 Å². The molecule has 0 spiro atoms. The highest BCUT2D eigenvalue weighted by molar-refractivity contribution is 6.30. The number of carbonyl (C=O) groups is 2. The quantitative estimate of drug-likeness (QED) is 0.293. The fourth-order valence-electron chi connectivity index (χ4n) is 5.20. The molecule has 10 nitrogen and oxygen atoms in total. The molecule has 2 aromatic carbocycles. The number of nitrogens with zero attached hydrogens (tertiary/aromatic N) is 3. The number of fused-ring (bicyclic) bond motifs is 4. The number of nitrogens with one attached hydrogen (secondary N) is 3. The number of hydrogen-bond acceptors (Lipinski definition) is 7. The molecule has 13 heteroatoms. The van der Waals surface area contributed by atoms with Gasteiger partial charge in [0, 0.05) is 36.4 Å². The zero-order chi connectivity index (χ0) is 29.1. The Morgan fingerprint density at radius 3 is 2.83 bits per heavy atom. The molecule has 214 valence electrons. The van der Waals surface area contributed by atoms with Gasteiger partial charge in [0.05, 0.1) is 29.4 Å². The third-order valence-corrected chi connectivity index (χ3v) is 7.51. The van der Waals surface area contributed by atoms with Gasteiger partial charge in [0.2, 0.25) is 0 Å². The highest BCUT2D eigenvalue weighted by Gasteiger charge is 2.37. The number of cyclic esters (lactones) is 1. The molecule has 41 heavy (non-hydrogen) atoms. The number of amides is 2. The maximum atomic E-state index is 14.6. The van der Waals surface area contributed by atoms with Crippen LogP contribution < -0.4 is 10.6 Å². The standard InChI is InChI=1S/C28H27ClF2N6O4/c1-40-27(38)34-15-6-7-16-19(13-15)33-11-4-2-3-5-21(26-35-20(14-32)25(16)36-26)37-12-10-22(41-28(37)39)23-18(30)9-8-17(29)24(23)31/h6-9,13,21-22,33H,2-5,10-12H2,1H3,(H,34,38)(H,35,36). The first-order valence-corrected chi connectivity index (χ1v) is 13.5. The van der Waals surface area contributed by atoms with Crippen molar-refractivity contribution in [3.63, 3.8) is 0 Å². The minimum absolute atomic E-state index is 0.132. The lowest BCUT2D eigenvalue weighted by Crippen LogP contribution is -2.42. The van der Waals surface area contributed by atoms with Gasteiger partial charge in [0.25, 0.3) is 0 Å². The minimum Gasteiger partial charge on any atom is -0.453 e. The molecular weight excluding hydrogens is 558 g/mol. The second kappa shape index (κ2) is 12.0. The molecule has 1 saturated heterocycles. The van der Waals surface area contributed by atoms with Crippen molar-refractivity contribution in [2.45, 2.75) is 44.2 Å². The average Bonchev–Trinajstić information content (AvgIpc) is 3.39. The number of nitriles is 1. The van der Waals surface area contributed by atoms with Crippen LogP contribution >= 0.6 is 11.6 Å². The van der Waals surface area contributed by atoms with Crippen LogP contribution in [0.1, 0.15) is 61.3 Å². The van der Waals surface area contributed by atoms with Gasteiger partial charge in [-0.25, -0.2) is 23.4 Å². The number of hydrogen-bond donors (Lipinski definition) is 3. The summed E-state index contributed by atoms with van der Waals surface area (Å²) in [6.45, 7) is 0.782. The maximum Gasteiger partial charge on any atom is 0.411 e. The van der Waals surface area contributed by atoms with Crippen LogP contribution in [-0.4, -0.2) is 47.3 Å². The number of benzene rings is 2. The summed E-state index contributed by atoms with van der Waals surface area (Å²) in [6, 6.07) is 8.89. The van der Waals surface area contributed by atoms with E-state index in [4.69, 9.17) is 16.3 Å². The number of imidazole rings is 1. The van der Waals surface area contributed by atoms with Crippen LogP contribution in [0.3, 0.4) is 0 Å². The lowest BCUT2D eigenvalue weighted by atomic mass is 10.0. The molecular formula is C28H27ClF2N6O4. The van der Waals surface area contributed by atoms with Gasteiger partial charge in [-0.3, -0.25) is 10.2 Å². The van der Waals surface area contributed by atoms with Crippen LogP contribution in [0.25, 0.3) is 11.3 Å². The molecule has 0 saturated carbocycles. The number of rotatable bonds is 3. The fraction of sp³-hybridized carbons (Fsp3) is 0.357. The van der Waals surface area contributed by atoms with E-state index in [0.29, 0.717) is 41.4 Å². The molecule has 2 bridgehead atoms. The van der Waals surface area contributed by atoms with Crippen LogP contribution in [0.15, 0.2) is 30.3 Å². The monoisotopic (exact) mass is 584 g/mol. The van der Waals surface area contributed by atoms with E-state index in [1.54, 1.807) is 18.2 Å². The normalized spacial score (nSPS) is 19.0. The topological polar surface area (TPSA) is 132 Å². The van der Waals surface area contributed by atoms with Gasteiger partial charge in [0.15, 0.2) is 11.5 Å². The molecule has 2 unspecified atom stereocenters. The Morgan fingerprint density at radius 1 is 1.24 bits per heavy atom. The largest absolute Gasteiger partial charge is 0.453 e. The van der Waals surface area contributed by atoms with E-state index >= 15 is 0 Å². The molecule has 2 aliphatic heterocycles. The van der Waals surface area contributed by atoms with Crippen molar-refractivity contribution < 1.29 is 27.8 Å². The number of ether oxygens (including phenoxy) is 2. The highest BCUT2D eigenvalue weighted by atomic mass is 35.5. The van der Waals surface area contributed by atoms with Crippen LogP contribution in [0.5, 0.6) is 0 Å². The van der Waals surface area contributed by atoms with Crippen molar-refractivity contribution in [1.29, 1.82) is 5.26 Å². The lowest BCUT2D eigenvalue weighted by molar-refractivity contribution is 0.00436. The molecule has 2 aliphatic rings. The molecule has 1 fully saturated rings. The molecule has 2 atom stereocenters. The SMILES string of the molecule is COC(=O)Nc1ccc2c(c1)NCCCCCC(N1CCC(c3c(F)ccc(Cl)c3F)OC1=O)c1nc(C#N)c-2[nH]1. The van der Waals surface area contributed by atoms with E-state index in [9.17, 15) is 23.6 Å². The second-order valence-corrected chi connectivity index (χ2v) is 10.1. The summed E-state index contributed by atoms with van der Waals surface area (Å²) in [5.41, 5.74) is 2.04. The Hall–Kier alpha value is -4.37. The Balaban J connectivity index is 1.47. The van der Waals surface area contributed by atoms with E-state index in [-0.39, 0.29) is 29.2 Å². The maximum absolute atomic E-state index is 14.6. The van der Waals surface area contributed by atoms with Crippen molar-refractivity contribution in [3.05, 3.63) is 64.1 Å². The van der Waals surface area contributed by atoms with Gasteiger partial charge in [-0.1, -0.05) is 24.4 Å². The number of carbonyl (C=O) groups excluding carboxylic acids is 2. The van der Waals surface area contributed by atoms with Gasteiger partial charge in [-0.05, 0) is 43.2 Å². The van der Waals surface area contributed by atoms with Gasteiger partial charge in [-0.2, -0.15) is 5.26 Å². The molecule has 3 N–H and O–H groups in total. The van der Waals surface area contributed by atoms with Crippen LogP contribution in [0, 0.1) is 23.0 Å². The Morgan fingerprint density at radius 2 is 2.07 bits per heavy atom. The number of aromatic nitrogens is 2. The number of aromatic amines is 1. The number of anilines is 2. The summed E-state index contributed by atoms with van der Waals surface area (Å²) in [7, 11) is 1.27. The van der Waals surface area contributed by atoms with Crippen LogP contribution in [0.4, 0.5) is 29.7 Å².